The number of anilines is 1. The van der Waals surface area contributed by atoms with Gasteiger partial charge >= 0.3 is 5.97 Å². The highest BCUT2D eigenvalue weighted by molar-refractivity contribution is 6.00. The van der Waals surface area contributed by atoms with Gasteiger partial charge in [-0.2, -0.15) is 0 Å². The van der Waals surface area contributed by atoms with E-state index in [-0.39, 0.29) is 24.6 Å². The summed E-state index contributed by atoms with van der Waals surface area (Å²) in [7, 11) is 2.80. The number of nitrogen functional groups attached to an aromatic ring is 1. The highest BCUT2D eigenvalue weighted by Crippen LogP contribution is 2.22. The van der Waals surface area contributed by atoms with Crippen LogP contribution in [0.15, 0.2) is 48.5 Å². The van der Waals surface area contributed by atoms with E-state index in [1.54, 1.807) is 18.2 Å². The number of methoxy groups -OCH3 is 2. The standard InChI is InChI=1S/C18H20N2O4/c1-23-14-8-9-16(19)15(10-14)18(22)20(12-17(21)24-2)11-13-6-4-3-5-7-13/h3-10H,11-12,19H2,1-2H3. The molecular formula is C18H20N2O4. The average Bonchev–Trinajstić information content (AvgIpc) is 2.61. The van der Waals surface area contributed by atoms with E-state index in [4.69, 9.17) is 15.2 Å². The molecule has 24 heavy (non-hydrogen) atoms. The number of ether oxygens (including phenoxy) is 2. The predicted molar refractivity (Wildman–Crippen MR) is 90.6 cm³/mol. The fourth-order valence-corrected chi connectivity index (χ4v) is 2.24. The van der Waals surface area contributed by atoms with Crippen LogP contribution in [0, 0.1) is 0 Å². The monoisotopic (exact) mass is 328 g/mol. The number of nitrogens with zero attached hydrogens (tertiary/aromatic N) is 1. The van der Waals surface area contributed by atoms with Crippen molar-refractivity contribution in [2.45, 2.75) is 6.54 Å². The zero-order chi connectivity index (χ0) is 17.5. The van der Waals surface area contributed by atoms with Crippen molar-refractivity contribution < 1.29 is 19.1 Å². The molecular weight excluding hydrogens is 308 g/mol. The summed E-state index contributed by atoms with van der Waals surface area (Å²) in [5.74, 6) is -0.341. The summed E-state index contributed by atoms with van der Waals surface area (Å²) in [5, 5.41) is 0. The van der Waals surface area contributed by atoms with Crippen LogP contribution in [-0.2, 0) is 16.1 Å². The van der Waals surface area contributed by atoms with Gasteiger partial charge in [0.2, 0.25) is 0 Å². The van der Waals surface area contributed by atoms with Crippen molar-refractivity contribution in [3.8, 4) is 5.75 Å². The Kier molecular flexibility index (Phi) is 5.78. The van der Waals surface area contributed by atoms with Gasteiger partial charge in [-0.15, -0.1) is 0 Å². The third-order valence-electron chi connectivity index (χ3n) is 3.54. The van der Waals surface area contributed by atoms with Crippen LogP contribution in [0.3, 0.4) is 0 Å². The van der Waals surface area contributed by atoms with E-state index in [0.29, 0.717) is 11.4 Å². The van der Waals surface area contributed by atoms with Crippen LogP contribution in [0.2, 0.25) is 0 Å². The van der Waals surface area contributed by atoms with Crippen LogP contribution >= 0.6 is 0 Å². The molecule has 0 aromatic heterocycles. The van der Waals surface area contributed by atoms with Gasteiger partial charge in [-0.25, -0.2) is 0 Å². The molecule has 0 aliphatic heterocycles. The number of hydrogen-bond donors (Lipinski definition) is 1. The van der Waals surface area contributed by atoms with Crippen molar-refractivity contribution in [3.05, 3.63) is 59.7 Å². The number of esters is 1. The normalized spacial score (nSPS) is 10.1. The SMILES string of the molecule is COC(=O)CN(Cc1ccccc1)C(=O)c1cc(OC)ccc1N. The first-order valence-electron chi connectivity index (χ1n) is 7.38. The lowest BCUT2D eigenvalue weighted by molar-refractivity contribution is -0.141. The second-order valence-electron chi connectivity index (χ2n) is 5.18. The molecule has 2 rings (SSSR count). The summed E-state index contributed by atoms with van der Waals surface area (Å²) in [5.41, 5.74) is 7.43. The van der Waals surface area contributed by atoms with Gasteiger partial charge in [-0.05, 0) is 23.8 Å². The maximum Gasteiger partial charge on any atom is 0.325 e. The number of nitrogens with two attached hydrogens (primary N) is 1. The summed E-state index contributed by atoms with van der Waals surface area (Å²) >= 11 is 0. The topological polar surface area (TPSA) is 81.9 Å². The van der Waals surface area contributed by atoms with E-state index in [0.717, 1.165) is 5.56 Å². The number of amides is 1. The molecule has 0 unspecified atom stereocenters. The highest BCUT2D eigenvalue weighted by Gasteiger charge is 2.22. The van der Waals surface area contributed by atoms with E-state index >= 15 is 0 Å². The third-order valence-corrected chi connectivity index (χ3v) is 3.54. The summed E-state index contributed by atoms with van der Waals surface area (Å²) in [6, 6.07) is 14.2. The number of carbonyl (C=O) groups excluding carboxylic acids is 2. The van der Waals surface area contributed by atoms with E-state index in [2.05, 4.69) is 0 Å². The maximum atomic E-state index is 12.9. The number of rotatable bonds is 6. The number of benzene rings is 2. The van der Waals surface area contributed by atoms with Gasteiger partial charge in [0.25, 0.3) is 5.91 Å². The molecule has 0 spiro atoms. The molecule has 0 bridgehead atoms. The van der Waals surface area contributed by atoms with E-state index in [1.165, 1.54) is 19.1 Å². The molecule has 2 aromatic carbocycles. The Balaban J connectivity index is 2.31. The predicted octanol–water partition coefficient (Wildman–Crippen LogP) is 2.09. The van der Waals surface area contributed by atoms with Crippen molar-refractivity contribution in [1.82, 2.24) is 4.90 Å². The molecule has 2 N–H and O–H groups in total. The quantitative estimate of drug-likeness (QED) is 0.648. The average molecular weight is 328 g/mol. The van der Waals surface area contributed by atoms with Crippen LogP contribution in [-0.4, -0.2) is 37.5 Å². The first kappa shape index (κ1) is 17.3. The summed E-state index contributed by atoms with van der Waals surface area (Å²) in [6.45, 7) is 0.103. The molecule has 0 aliphatic carbocycles. The van der Waals surface area contributed by atoms with Gasteiger partial charge in [-0.1, -0.05) is 30.3 Å². The summed E-state index contributed by atoms with van der Waals surface area (Å²) in [4.78, 5) is 26.0. The largest absolute Gasteiger partial charge is 0.497 e. The minimum absolute atomic E-state index is 0.166. The van der Waals surface area contributed by atoms with E-state index in [1.807, 2.05) is 30.3 Å². The fourth-order valence-electron chi connectivity index (χ4n) is 2.24. The van der Waals surface area contributed by atoms with Crippen molar-refractivity contribution in [2.75, 3.05) is 26.5 Å². The second kappa shape index (κ2) is 8.01. The fraction of sp³-hybridized carbons (Fsp3) is 0.222. The van der Waals surface area contributed by atoms with Gasteiger partial charge in [-0.3, -0.25) is 9.59 Å². The molecule has 0 radical (unpaired) electrons. The number of carbonyl (C=O) groups is 2. The van der Waals surface area contributed by atoms with Crippen LogP contribution in [0.5, 0.6) is 5.75 Å². The van der Waals surface area contributed by atoms with Crippen molar-refractivity contribution >= 4 is 17.6 Å². The Bertz CT molecular complexity index is 716. The second-order valence-corrected chi connectivity index (χ2v) is 5.18. The summed E-state index contributed by atoms with van der Waals surface area (Å²) < 4.78 is 9.83. The zero-order valence-electron chi connectivity index (χ0n) is 13.7. The van der Waals surface area contributed by atoms with Crippen molar-refractivity contribution in [3.63, 3.8) is 0 Å². The first-order chi connectivity index (χ1) is 11.5. The number of hydrogen-bond acceptors (Lipinski definition) is 5. The molecule has 0 heterocycles. The lowest BCUT2D eigenvalue weighted by atomic mass is 10.1. The van der Waals surface area contributed by atoms with Gasteiger partial charge < -0.3 is 20.1 Å². The molecule has 6 heteroatoms. The molecule has 0 atom stereocenters. The Hall–Kier alpha value is -3.02. The highest BCUT2D eigenvalue weighted by atomic mass is 16.5. The van der Waals surface area contributed by atoms with Crippen molar-refractivity contribution in [2.24, 2.45) is 0 Å². The third kappa shape index (κ3) is 4.25. The maximum absolute atomic E-state index is 12.9. The van der Waals surface area contributed by atoms with Crippen LogP contribution < -0.4 is 10.5 Å². The Morgan fingerprint density at radius 3 is 2.42 bits per heavy atom. The van der Waals surface area contributed by atoms with Gasteiger partial charge in [0.15, 0.2) is 0 Å². The smallest absolute Gasteiger partial charge is 0.325 e. The minimum atomic E-state index is -0.499. The van der Waals surface area contributed by atoms with Crippen LogP contribution in [0.1, 0.15) is 15.9 Å². The molecule has 126 valence electrons. The molecule has 0 fully saturated rings. The van der Waals surface area contributed by atoms with Gasteiger partial charge in [0.05, 0.1) is 19.8 Å². The molecule has 0 aliphatic rings. The molecule has 6 nitrogen and oxygen atoms in total. The zero-order valence-corrected chi connectivity index (χ0v) is 13.7. The Morgan fingerprint density at radius 1 is 1.08 bits per heavy atom. The molecule has 1 amide bonds. The van der Waals surface area contributed by atoms with Crippen LogP contribution in [0.4, 0.5) is 5.69 Å². The lowest BCUT2D eigenvalue weighted by Crippen LogP contribution is -2.36. The summed E-state index contributed by atoms with van der Waals surface area (Å²) in [6.07, 6.45) is 0. The Labute approximate surface area is 140 Å². The van der Waals surface area contributed by atoms with Gasteiger partial charge in [0, 0.05) is 12.2 Å². The minimum Gasteiger partial charge on any atom is -0.497 e. The van der Waals surface area contributed by atoms with E-state index < -0.39 is 5.97 Å². The lowest BCUT2D eigenvalue weighted by Gasteiger charge is -2.22. The Morgan fingerprint density at radius 2 is 1.79 bits per heavy atom. The molecule has 0 saturated heterocycles. The molecule has 2 aromatic rings. The van der Waals surface area contributed by atoms with E-state index in [9.17, 15) is 9.59 Å². The van der Waals surface area contributed by atoms with Crippen LogP contribution in [0.25, 0.3) is 0 Å². The molecule has 0 saturated carbocycles. The van der Waals surface area contributed by atoms with Crippen molar-refractivity contribution in [1.29, 1.82) is 0 Å². The first-order valence-corrected chi connectivity index (χ1v) is 7.38. The van der Waals surface area contributed by atoms with Gasteiger partial charge in [0.1, 0.15) is 12.3 Å².